The molecule has 110 valence electrons. The largest absolute Gasteiger partial charge is 0.352 e. The maximum atomic E-state index is 12.0. The van der Waals surface area contributed by atoms with Crippen molar-refractivity contribution >= 4 is 27.5 Å². The number of nitrogens with two attached hydrogens (primary N) is 1. The van der Waals surface area contributed by atoms with Crippen LogP contribution in [0, 0.1) is 12.8 Å². The summed E-state index contributed by atoms with van der Waals surface area (Å²) in [7, 11) is -3.90. The van der Waals surface area contributed by atoms with E-state index in [1.807, 2.05) is 0 Å². The van der Waals surface area contributed by atoms with Gasteiger partial charge in [0.05, 0.1) is 4.90 Å². The van der Waals surface area contributed by atoms with Gasteiger partial charge in [0.2, 0.25) is 10.0 Å². The average molecular weight is 317 g/mol. The Kier molecular flexibility index (Phi) is 4.36. The molecule has 0 unspecified atom stereocenters. The number of amides is 1. The van der Waals surface area contributed by atoms with Crippen molar-refractivity contribution in [3.63, 3.8) is 0 Å². The van der Waals surface area contributed by atoms with E-state index in [1.165, 1.54) is 25.0 Å². The highest BCUT2D eigenvalue weighted by molar-refractivity contribution is 7.89. The zero-order valence-corrected chi connectivity index (χ0v) is 12.7. The summed E-state index contributed by atoms with van der Waals surface area (Å²) < 4.78 is 23.0. The van der Waals surface area contributed by atoms with Crippen molar-refractivity contribution in [2.75, 3.05) is 6.54 Å². The molecule has 20 heavy (non-hydrogen) atoms. The minimum absolute atomic E-state index is 0.114. The number of sulfonamides is 1. The number of carbonyl (C=O) groups is 1. The number of hydrogen-bond acceptors (Lipinski definition) is 3. The number of benzene rings is 1. The highest BCUT2D eigenvalue weighted by Gasteiger charge is 2.21. The number of halogens is 1. The Morgan fingerprint density at radius 2 is 2.10 bits per heavy atom. The molecule has 1 saturated carbocycles. The Morgan fingerprint density at radius 3 is 2.65 bits per heavy atom. The number of rotatable bonds is 5. The first-order valence-corrected chi connectivity index (χ1v) is 8.32. The molecule has 0 radical (unpaired) electrons. The molecular weight excluding hydrogens is 300 g/mol. The molecule has 1 fully saturated rings. The maximum absolute atomic E-state index is 12.0. The molecule has 1 aliphatic rings. The summed E-state index contributed by atoms with van der Waals surface area (Å²) in [5.41, 5.74) is 0.559. The fourth-order valence-electron chi connectivity index (χ4n) is 1.98. The molecule has 5 nitrogen and oxygen atoms in total. The van der Waals surface area contributed by atoms with E-state index in [1.54, 1.807) is 6.92 Å². The summed E-state index contributed by atoms with van der Waals surface area (Å²) in [4.78, 5) is 11.9. The van der Waals surface area contributed by atoms with Gasteiger partial charge in [0, 0.05) is 17.1 Å². The standard InChI is InChI=1S/C13H17ClN2O3S/c1-8-11(14)6-10(7-12(8)20(15,18)19)13(17)16-5-4-9-2-3-9/h6-7,9H,2-5H2,1H3,(H,16,17)(H2,15,18,19). The number of carbonyl (C=O) groups excluding carboxylic acids is 1. The van der Waals surface area contributed by atoms with Crippen LogP contribution >= 0.6 is 11.6 Å². The van der Waals surface area contributed by atoms with Crippen LogP contribution in [0.25, 0.3) is 0 Å². The summed E-state index contributed by atoms with van der Waals surface area (Å²) in [5.74, 6) is 0.384. The van der Waals surface area contributed by atoms with Crippen molar-refractivity contribution in [3.8, 4) is 0 Å². The molecule has 1 aromatic carbocycles. The van der Waals surface area contributed by atoms with E-state index in [9.17, 15) is 13.2 Å². The van der Waals surface area contributed by atoms with Crippen LogP contribution in [0.5, 0.6) is 0 Å². The molecule has 0 aliphatic heterocycles. The third-order valence-electron chi connectivity index (χ3n) is 3.40. The summed E-state index contributed by atoms with van der Waals surface area (Å²) in [5, 5.41) is 8.10. The van der Waals surface area contributed by atoms with E-state index in [2.05, 4.69) is 5.32 Å². The van der Waals surface area contributed by atoms with Gasteiger partial charge in [-0.25, -0.2) is 13.6 Å². The lowest BCUT2D eigenvalue weighted by atomic mass is 10.1. The Morgan fingerprint density at radius 1 is 1.45 bits per heavy atom. The highest BCUT2D eigenvalue weighted by Crippen LogP contribution is 2.31. The molecule has 2 rings (SSSR count). The normalized spacial score (nSPS) is 15.2. The number of hydrogen-bond donors (Lipinski definition) is 2. The quantitative estimate of drug-likeness (QED) is 0.868. The zero-order valence-electron chi connectivity index (χ0n) is 11.1. The lowest BCUT2D eigenvalue weighted by molar-refractivity contribution is 0.0952. The summed E-state index contributed by atoms with van der Waals surface area (Å²) >= 11 is 5.96. The van der Waals surface area contributed by atoms with Crippen LogP contribution in [-0.2, 0) is 10.0 Å². The van der Waals surface area contributed by atoms with Crippen LogP contribution in [0.2, 0.25) is 5.02 Å². The zero-order chi connectivity index (χ0) is 14.9. The molecule has 1 amide bonds. The van der Waals surface area contributed by atoms with Gasteiger partial charge in [-0.3, -0.25) is 4.79 Å². The van der Waals surface area contributed by atoms with Crippen molar-refractivity contribution < 1.29 is 13.2 Å². The molecule has 0 saturated heterocycles. The molecule has 0 aromatic heterocycles. The molecule has 1 aromatic rings. The lowest BCUT2D eigenvalue weighted by Gasteiger charge is -2.10. The van der Waals surface area contributed by atoms with Crippen molar-refractivity contribution in [2.24, 2.45) is 11.1 Å². The topological polar surface area (TPSA) is 89.3 Å². The van der Waals surface area contributed by atoms with Gasteiger partial charge in [0.1, 0.15) is 0 Å². The van der Waals surface area contributed by atoms with Gasteiger partial charge in [-0.2, -0.15) is 0 Å². The number of primary sulfonamides is 1. The Hall–Kier alpha value is -1.11. The molecule has 0 atom stereocenters. The van der Waals surface area contributed by atoms with E-state index in [-0.39, 0.29) is 21.4 Å². The summed E-state index contributed by atoms with van der Waals surface area (Å²) in [6.45, 7) is 2.14. The van der Waals surface area contributed by atoms with Crippen molar-refractivity contribution in [3.05, 3.63) is 28.3 Å². The van der Waals surface area contributed by atoms with Crippen molar-refractivity contribution in [1.29, 1.82) is 0 Å². The van der Waals surface area contributed by atoms with Gasteiger partial charge in [0.25, 0.3) is 5.91 Å². The Bertz CT molecular complexity index is 639. The van der Waals surface area contributed by atoms with E-state index in [0.29, 0.717) is 12.1 Å². The van der Waals surface area contributed by atoms with Crippen molar-refractivity contribution in [1.82, 2.24) is 5.32 Å². The van der Waals surface area contributed by atoms with Crippen LogP contribution in [0.15, 0.2) is 17.0 Å². The summed E-state index contributed by atoms with van der Waals surface area (Å²) in [6.07, 6.45) is 3.40. The Balaban J connectivity index is 2.18. The van der Waals surface area contributed by atoms with Gasteiger partial charge >= 0.3 is 0 Å². The fourth-order valence-corrected chi connectivity index (χ4v) is 3.08. The van der Waals surface area contributed by atoms with Crippen LogP contribution < -0.4 is 10.5 Å². The molecule has 7 heteroatoms. The Labute approximate surface area is 123 Å². The third kappa shape index (κ3) is 3.71. The van der Waals surface area contributed by atoms with Crippen LogP contribution in [0.4, 0.5) is 0 Å². The summed E-state index contributed by atoms with van der Waals surface area (Å²) in [6, 6.07) is 2.72. The molecule has 0 heterocycles. The van der Waals surface area contributed by atoms with Crippen LogP contribution in [0.3, 0.4) is 0 Å². The first-order valence-electron chi connectivity index (χ1n) is 6.40. The van der Waals surface area contributed by atoms with Crippen molar-refractivity contribution in [2.45, 2.75) is 31.1 Å². The molecule has 0 spiro atoms. The number of nitrogens with one attached hydrogen (secondary N) is 1. The maximum Gasteiger partial charge on any atom is 0.251 e. The first kappa shape index (κ1) is 15.3. The lowest BCUT2D eigenvalue weighted by Crippen LogP contribution is -2.25. The third-order valence-corrected chi connectivity index (χ3v) is 4.83. The van der Waals surface area contributed by atoms with E-state index in [0.717, 1.165) is 12.3 Å². The first-order chi connectivity index (χ1) is 9.29. The van der Waals surface area contributed by atoms with E-state index >= 15 is 0 Å². The van der Waals surface area contributed by atoms with Gasteiger partial charge in [-0.1, -0.05) is 24.4 Å². The van der Waals surface area contributed by atoms with Gasteiger partial charge in [0.15, 0.2) is 0 Å². The minimum Gasteiger partial charge on any atom is -0.352 e. The molecule has 0 bridgehead atoms. The average Bonchev–Trinajstić information content (AvgIpc) is 3.14. The van der Waals surface area contributed by atoms with Crippen LogP contribution in [-0.4, -0.2) is 20.9 Å². The fraction of sp³-hybridized carbons (Fsp3) is 0.462. The van der Waals surface area contributed by atoms with E-state index < -0.39 is 10.0 Å². The molecule has 3 N–H and O–H groups in total. The van der Waals surface area contributed by atoms with Gasteiger partial charge in [-0.15, -0.1) is 0 Å². The predicted octanol–water partition coefficient (Wildman–Crippen LogP) is 1.83. The molecule has 1 aliphatic carbocycles. The smallest absolute Gasteiger partial charge is 0.251 e. The van der Waals surface area contributed by atoms with Gasteiger partial charge < -0.3 is 5.32 Å². The minimum atomic E-state index is -3.90. The highest BCUT2D eigenvalue weighted by atomic mass is 35.5. The second-order valence-electron chi connectivity index (χ2n) is 5.11. The van der Waals surface area contributed by atoms with Gasteiger partial charge in [-0.05, 0) is 37.0 Å². The van der Waals surface area contributed by atoms with E-state index in [4.69, 9.17) is 16.7 Å². The predicted molar refractivity (Wildman–Crippen MR) is 77.2 cm³/mol. The monoisotopic (exact) mass is 316 g/mol. The van der Waals surface area contributed by atoms with Crippen LogP contribution in [0.1, 0.15) is 35.2 Å². The second kappa shape index (κ2) is 5.71. The molecular formula is C13H17ClN2O3S. The second-order valence-corrected chi connectivity index (χ2v) is 7.05. The SMILES string of the molecule is Cc1c(Cl)cc(C(=O)NCCC2CC2)cc1S(N)(=O)=O.